The lowest BCUT2D eigenvalue weighted by Crippen LogP contribution is -2.46. The maximum atomic E-state index is 12.6. The van der Waals surface area contributed by atoms with E-state index >= 15 is 0 Å². The van der Waals surface area contributed by atoms with Gasteiger partial charge in [0, 0.05) is 10.3 Å². The van der Waals surface area contributed by atoms with Crippen LogP contribution in [0.3, 0.4) is 0 Å². The van der Waals surface area contributed by atoms with Crippen molar-refractivity contribution >= 4 is 15.9 Å². The summed E-state index contributed by atoms with van der Waals surface area (Å²) >= 11 is 0. The van der Waals surface area contributed by atoms with E-state index in [1.54, 1.807) is 0 Å². The maximum absolute atomic E-state index is 12.6. The van der Waals surface area contributed by atoms with Gasteiger partial charge in [-0.15, -0.1) is 0 Å². The fourth-order valence-electron chi connectivity index (χ4n) is 4.89. The van der Waals surface area contributed by atoms with Gasteiger partial charge in [-0.25, -0.2) is 12.7 Å². The summed E-state index contributed by atoms with van der Waals surface area (Å²) in [7, 11) is -3.62. The average Bonchev–Trinajstić information content (AvgIpc) is 2.85. The normalized spacial score (nSPS) is 39.7. The molecule has 0 N–H and O–H groups in total. The van der Waals surface area contributed by atoms with Gasteiger partial charge >= 0.3 is 0 Å². The third-order valence-electron chi connectivity index (χ3n) is 6.21. The highest BCUT2D eigenvalue weighted by Gasteiger charge is 2.72. The van der Waals surface area contributed by atoms with Gasteiger partial charge in [-0.05, 0) is 43.1 Å². The highest BCUT2D eigenvalue weighted by molar-refractivity contribution is 7.90. The van der Waals surface area contributed by atoms with E-state index in [9.17, 15) is 13.2 Å². The zero-order valence-corrected chi connectivity index (χ0v) is 13.3. The molecule has 3 rings (SSSR count). The number of azide groups is 1. The lowest BCUT2D eigenvalue weighted by Gasteiger charge is -2.37. The first-order valence-corrected chi connectivity index (χ1v) is 8.88. The molecule has 21 heavy (non-hydrogen) atoms. The fraction of sp³-hybridized carbons (Fsp3) is 0.923. The minimum Gasteiger partial charge on any atom is -0.273 e. The molecule has 0 aromatic carbocycles. The monoisotopic (exact) mass is 312 g/mol. The van der Waals surface area contributed by atoms with Gasteiger partial charge in [0.05, 0.1) is 11.8 Å². The zero-order valence-electron chi connectivity index (χ0n) is 12.5. The molecule has 116 valence electrons. The maximum Gasteiger partial charge on any atom is 0.245 e. The summed E-state index contributed by atoms with van der Waals surface area (Å²) in [6.45, 7) is 5.71. The Bertz CT molecular complexity index is 652. The van der Waals surface area contributed by atoms with Crippen molar-refractivity contribution in [1.29, 1.82) is 0 Å². The van der Waals surface area contributed by atoms with Crippen molar-refractivity contribution in [1.82, 2.24) is 4.31 Å². The van der Waals surface area contributed by atoms with Crippen molar-refractivity contribution in [2.75, 3.05) is 5.75 Å². The van der Waals surface area contributed by atoms with Crippen LogP contribution in [0.15, 0.2) is 5.11 Å². The van der Waals surface area contributed by atoms with Gasteiger partial charge in [-0.2, -0.15) is 0 Å². The number of fused-ring (bicyclic) bond motifs is 1. The molecule has 1 aliphatic heterocycles. The van der Waals surface area contributed by atoms with Crippen LogP contribution in [0.1, 0.15) is 40.0 Å². The van der Waals surface area contributed by atoms with Crippen LogP contribution >= 0.6 is 0 Å². The quantitative estimate of drug-likeness (QED) is 0.442. The average molecular weight is 312 g/mol. The van der Waals surface area contributed by atoms with Crippen molar-refractivity contribution in [3.63, 3.8) is 0 Å². The summed E-state index contributed by atoms with van der Waals surface area (Å²) in [5.41, 5.74) is 8.07. The first-order valence-electron chi connectivity index (χ1n) is 7.27. The van der Waals surface area contributed by atoms with E-state index in [4.69, 9.17) is 5.53 Å². The third-order valence-corrected chi connectivity index (χ3v) is 8.12. The predicted molar refractivity (Wildman–Crippen MR) is 76.6 cm³/mol. The molecule has 1 spiro atoms. The minimum atomic E-state index is -3.62. The van der Waals surface area contributed by atoms with E-state index in [0.29, 0.717) is 5.92 Å². The molecule has 0 radical (unpaired) electrons. The number of sulfonamides is 1. The summed E-state index contributed by atoms with van der Waals surface area (Å²) < 4.78 is 26.2. The number of carbonyl (C=O) groups excluding carboxylic acids is 1. The van der Waals surface area contributed by atoms with E-state index in [1.807, 2.05) is 0 Å². The van der Waals surface area contributed by atoms with Gasteiger partial charge in [0.2, 0.25) is 15.9 Å². The van der Waals surface area contributed by atoms with Crippen LogP contribution in [0.2, 0.25) is 0 Å². The summed E-state index contributed by atoms with van der Waals surface area (Å²) in [5, 5.41) is 3.37. The van der Waals surface area contributed by atoms with Crippen molar-refractivity contribution in [2.45, 2.75) is 52.1 Å². The molecule has 1 heterocycles. The first kappa shape index (κ1) is 14.7. The molecule has 7 nitrogen and oxygen atoms in total. The lowest BCUT2D eigenvalue weighted by atomic mass is 9.69. The van der Waals surface area contributed by atoms with Gasteiger partial charge in [0.15, 0.2) is 0 Å². The van der Waals surface area contributed by atoms with Crippen LogP contribution in [0.25, 0.3) is 10.4 Å². The van der Waals surface area contributed by atoms with E-state index in [-0.39, 0.29) is 22.6 Å². The Balaban J connectivity index is 2.04. The molecule has 0 aromatic heterocycles. The molecule has 3 aliphatic rings. The molecular formula is C13H20N4O3S. The first-order chi connectivity index (χ1) is 9.67. The SMILES string of the molecule is C[C@@H](N=[N+]=[N-])C(=O)N1[C@@H]2C[C@H]3CC[C@]2(CS1(=O)=O)C3(C)C. The molecule has 2 saturated carbocycles. The molecule has 1 saturated heterocycles. The molecule has 2 aliphatic carbocycles. The second-order valence-electron chi connectivity index (χ2n) is 7.14. The third kappa shape index (κ3) is 1.63. The zero-order chi connectivity index (χ0) is 15.6. The Morgan fingerprint density at radius 2 is 2.14 bits per heavy atom. The number of amides is 1. The molecule has 4 atom stereocenters. The Morgan fingerprint density at radius 1 is 1.48 bits per heavy atom. The highest BCUT2D eigenvalue weighted by Crippen LogP contribution is 2.69. The second kappa shape index (κ2) is 4.14. The highest BCUT2D eigenvalue weighted by atomic mass is 32.2. The number of nitrogens with zero attached hydrogens (tertiary/aromatic N) is 4. The van der Waals surface area contributed by atoms with Gasteiger partial charge in [0.1, 0.15) is 6.04 Å². The lowest BCUT2D eigenvalue weighted by molar-refractivity contribution is -0.129. The molecule has 0 unspecified atom stereocenters. The van der Waals surface area contributed by atoms with Crippen LogP contribution in [0.5, 0.6) is 0 Å². The standard InChI is InChI=1S/C13H20N4O3S/c1-8(15-16-14)11(18)17-10-6-9-4-5-13(10,12(9,2)3)7-21(17,19)20/h8-10H,4-7H2,1-3H3/t8-,9-,10-,13-/m1/s1. The van der Waals surface area contributed by atoms with Crippen LogP contribution in [0.4, 0.5) is 0 Å². The summed E-state index contributed by atoms with van der Waals surface area (Å²) in [5.74, 6) is -0.0794. The predicted octanol–water partition coefficient (Wildman–Crippen LogP) is 2.05. The van der Waals surface area contributed by atoms with E-state index in [0.717, 1.165) is 23.6 Å². The van der Waals surface area contributed by atoms with Crippen molar-refractivity contribution < 1.29 is 13.2 Å². The summed E-state index contributed by atoms with van der Waals surface area (Å²) in [6.07, 6.45) is 2.63. The Morgan fingerprint density at radius 3 is 2.71 bits per heavy atom. The Labute approximate surface area is 124 Å². The minimum absolute atomic E-state index is 0.0445. The molecule has 8 heteroatoms. The molecule has 1 amide bonds. The van der Waals surface area contributed by atoms with Gasteiger partial charge < -0.3 is 0 Å². The fourth-order valence-corrected chi connectivity index (χ4v) is 7.49. The van der Waals surface area contributed by atoms with Crippen molar-refractivity contribution in [2.24, 2.45) is 21.9 Å². The van der Waals surface area contributed by atoms with E-state index in [2.05, 4.69) is 23.9 Å². The molecule has 2 bridgehead atoms. The Kier molecular flexibility index (Phi) is 2.89. The molecular weight excluding hydrogens is 292 g/mol. The van der Waals surface area contributed by atoms with Crippen molar-refractivity contribution in [3.05, 3.63) is 10.4 Å². The number of carbonyl (C=O) groups is 1. The smallest absolute Gasteiger partial charge is 0.245 e. The Hall–Kier alpha value is -1.27. The van der Waals surface area contributed by atoms with Gasteiger partial charge in [0.25, 0.3) is 0 Å². The topological polar surface area (TPSA) is 103 Å². The summed E-state index contributed by atoms with van der Waals surface area (Å²) in [4.78, 5) is 15.1. The van der Waals surface area contributed by atoms with Crippen LogP contribution in [-0.4, -0.2) is 36.5 Å². The summed E-state index contributed by atoms with van der Waals surface area (Å²) in [6, 6.07) is -1.25. The van der Waals surface area contributed by atoms with Gasteiger partial charge in [-0.3, -0.25) is 4.79 Å². The number of hydrogen-bond acceptors (Lipinski definition) is 4. The second-order valence-corrected chi connectivity index (χ2v) is 8.98. The van der Waals surface area contributed by atoms with Crippen LogP contribution in [-0.2, 0) is 14.8 Å². The number of rotatable bonds is 2. The van der Waals surface area contributed by atoms with Crippen LogP contribution < -0.4 is 0 Å². The molecule has 3 fully saturated rings. The number of hydrogen-bond donors (Lipinski definition) is 0. The largest absolute Gasteiger partial charge is 0.273 e. The molecule has 0 aromatic rings. The van der Waals surface area contributed by atoms with Crippen molar-refractivity contribution in [3.8, 4) is 0 Å². The van der Waals surface area contributed by atoms with Crippen LogP contribution in [0, 0.1) is 16.7 Å². The van der Waals surface area contributed by atoms with E-state index < -0.39 is 22.0 Å². The van der Waals surface area contributed by atoms with E-state index in [1.165, 1.54) is 6.92 Å². The van der Waals surface area contributed by atoms with Gasteiger partial charge in [-0.1, -0.05) is 19.0 Å².